The Bertz CT molecular complexity index is 123. The fourth-order valence-electron chi connectivity index (χ4n) is 0.928. The average Bonchev–Trinajstić information content (AvgIpc) is 1.85. The molecule has 66 valence electrons. The van der Waals surface area contributed by atoms with Crippen LogP contribution in [-0.2, 0) is 4.79 Å². The van der Waals surface area contributed by atoms with Crippen molar-refractivity contribution in [3.8, 4) is 0 Å². The molecule has 0 aliphatic carbocycles. The van der Waals surface area contributed by atoms with Crippen LogP contribution >= 0.6 is 0 Å². The van der Waals surface area contributed by atoms with Gasteiger partial charge in [0.2, 0.25) is 0 Å². The number of hydrogen-bond acceptors (Lipinski definition) is 3. The van der Waals surface area contributed by atoms with Crippen LogP contribution in [0.15, 0.2) is 0 Å². The van der Waals surface area contributed by atoms with E-state index >= 15 is 0 Å². The van der Waals surface area contributed by atoms with E-state index in [0.29, 0.717) is 19.5 Å². The maximum absolute atomic E-state index is 10.9. The summed E-state index contributed by atoms with van der Waals surface area (Å²) in [5.41, 5.74) is 0. The van der Waals surface area contributed by atoms with Gasteiger partial charge < -0.3 is 5.11 Å². The van der Waals surface area contributed by atoms with Gasteiger partial charge in [-0.1, -0.05) is 6.92 Å². The van der Waals surface area contributed by atoms with Crippen molar-refractivity contribution in [3.63, 3.8) is 0 Å². The van der Waals surface area contributed by atoms with Crippen molar-refractivity contribution in [1.82, 2.24) is 4.90 Å². The number of carbonyl (C=O) groups excluding carboxylic acids is 1. The molecule has 0 aromatic heterocycles. The monoisotopic (exact) mass is 159 g/mol. The van der Waals surface area contributed by atoms with Crippen LogP contribution in [0.3, 0.4) is 0 Å². The lowest BCUT2D eigenvalue weighted by atomic mass is 10.3. The van der Waals surface area contributed by atoms with E-state index in [1.54, 1.807) is 6.92 Å². The summed E-state index contributed by atoms with van der Waals surface area (Å²) in [5.74, 6) is 0.216. The molecule has 3 nitrogen and oxygen atoms in total. The summed E-state index contributed by atoms with van der Waals surface area (Å²) in [5, 5.41) is 8.96. The summed E-state index contributed by atoms with van der Waals surface area (Å²) in [7, 11) is 1.83. The van der Waals surface area contributed by atoms with E-state index in [1.807, 2.05) is 18.9 Å². The first-order valence-electron chi connectivity index (χ1n) is 3.94. The van der Waals surface area contributed by atoms with Crippen molar-refractivity contribution in [2.75, 3.05) is 20.1 Å². The minimum absolute atomic E-state index is 0.216. The number of nitrogens with zero attached hydrogens (tertiary/aromatic N) is 1. The van der Waals surface area contributed by atoms with Crippen LogP contribution in [-0.4, -0.2) is 42.0 Å². The van der Waals surface area contributed by atoms with Crippen molar-refractivity contribution < 1.29 is 9.90 Å². The average molecular weight is 159 g/mol. The summed E-state index contributed by atoms with van der Waals surface area (Å²) in [6.45, 7) is 4.57. The third kappa shape index (κ3) is 6.01. The second-order valence-electron chi connectivity index (χ2n) is 2.94. The lowest BCUT2D eigenvalue weighted by Crippen LogP contribution is -2.31. The van der Waals surface area contributed by atoms with Gasteiger partial charge in [-0.25, -0.2) is 0 Å². The molecule has 1 unspecified atom stereocenters. The number of hydrogen-bond donors (Lipinski definition) is 1. The Labute approximate surface area is 68.0 Å². The topological polar surface area (TPSA) is 40.5 Å². The molecule has 1 N–H and O–H groups in total. The Kier molecular flexibility index (Phi) is 5.07. The minimum Gasteiger partial charge on any atom is -0.392 e. The van der Waals surface area contributed by atoms with Crippen molar-refractivity contribution in [2.45, 2.75) is 26.4 Å². The molecule has 0 saturated carbocycles. The number of ketones is 1. The van der Waals surface area contributed by atoms with Crippen LogP contribution in [0.5, 0.6) is 0 Å². The van der Waals surface area contributed by atoms with Gasteiger partial charge in [-0.15, -0.1) is 0 Å². The zero-order valence-corrected chi connectivity index (χ0v) is 7.50. The van der Waals surface area contributed by atoms with Gasteiger partial charge in [-0.2, -0.15) is 0 Å². The minimum atomic E-state index is -0.357. The molecule has 0 rings (SSSR count). The van der Waals surface area contributed by atoms with Gasteiger partial charge in [0.25, 0.3) is 0 Å². The van der Waals surface area contributed by atoms with Gasteiger partial charge in [-0.3, -0.25) is 9.69 Å². The Hall–Kier alpha value is -0.410. The van der Waals surface area contributed by atoms with Crippen LogP contribution in [0.1, 0.15) is 20.3 Å². The molecular weight excluding hydrogens is 142 g/mol. The normalized spacial score (nSPS) is 13.5. The molecular formula is C8H17NO2. The van der Waals surface area contributed by atoms with Gasteiger partial charge in [0, 0.05) is 13.0 Å². The maximum Gasteiger partial charge on any atom is 0.146 e. The van der Waals surface area contributed by atoms with Crippen molar-refractivity contribution >= 4 is 5.78 Å². The van der Waals surface area contributed by atoms with E-state index in [1.165, 1.54) is 0 Å². The maximum atomic E-state index is 10.9. The molecule has 3 heteroatoms. The predicted octanol–water partition coefficient (Wildman–Crippen LogP) is 0.278. The van der Waals surface area contributed by atoms with Gasteiger partial charge in [0.15, 0.2) is 0 Å². The van der Waals surface area contributed by atoms with Gasteiger partial charge in [0.1, 0.15) is 5.78 Å². The molecule has 0 fully saturated rings. The SMILES string of the molecule is CCC(=O)CN(C)CC(C)O. The summed E-state index contributed by atoms with van der Waals surface area (Å²) in [6, 6.07) is 0. The van der Waals surface area contributed by atoms with Crippen molar-refractivity contribution in [1.29, 1.82) is 0 Å². The summed E-state index contributed by atoms with van der Waals surface area (Å²) < 4.78 is 0. The molecule has 1 atom stereocenters. The van der Waals surface area contributed by atoms with Crippen molar-refractivity contribution in [3.05, 3.63) is 0 Å². The highest BCUT2D eigenvalue weighted by Crippen LogP contribution is 1.90. The first-order valence-corrected chi connectivity index (χ1v) is 3.94. The Morgan fingerprint density at radius 2 is 2.18 bits per heavy atom. The summed E-state index contributed by atoms with van der Waals surface area (Å²) >= 11 is 0. The zero-order chi connectivity index (χ0) is 8.85. The molecule has 0 amide bonds. The second kappa shape index (κ2) is 5.27. The Morgan fingerprint density at radius 1 is 1.64 bits per heavy atom. The van der Waals surface area contributed by atoms with Crippen LogP contribution < -0.4 is 0 Å². The highest BCUT2D eigenvalue weighted by atomic mass is 16.3. The molecule has 0 aromatic rings. The molecule has 0 saturated heterocycles. The predicted molar refractivity (Wildman–Crippen MR) is 44.5 cm³/mol. The fourth-order valence-corrected chi connectivity index (χ4v) is 0.928. The van der Waals surface area contributed by atoms with E-state index in [2.05, 4.69) is 0 Å². The first-order chi connectivity index (χ1) is 5.06. The zero-order valence-electron chi connectivity index (χ0n) is 7.50. The first kappa shape index (κ1) is 10.6. The second-order valence-corrected chi connectivity index (χ2v) is 2.94. The number of Topliss-reactive ketones (excluding diaryl/α,β-unsaturated/α-hetero) is 1. The number of carbonyl (C=O) groups is 1. The number of likely N-dealkylation sites (N-methyl/N-ethyl adjacent to an activating group) is 1. The molecule has 0 bridgehead atoms. The highest BCUT2D eigenvalue weighted by Gasteiger charge is 2.05. The third-order valence-electron chi connectivity index (χ3n) is 1.42. The quantitative estimate of drug-likeness (QED) is 0.626. The van der Waals surface area contributed by atoms with E-state index < -0.39 is 0 Å². The smallest absolute Gasteiger partial charge is 0.146 e. The number of aliphatic hydroxyl groups is 1. The summed E-state index contributed by atoms with van der Waals surface area (Å²) in [4.78, 5) is 12.7. The fraction of sp³-hybridized carbons (Fsp3) is 0.875. The van der Waals surface area contributed by atoms with E-state index in [0.717, 1.165) is 0 Å². The summed E-state index contributed by atoms with van der Waals surface area (Å²) in [6.07, 6.45) is 0.217. The lowest BCUT2D eigenvalue weighted by molar-refractivity contribution is -0.119. The standard InChI is InChI=1S/C8H17NO2/c1-4-8(11)6-9(3)5-7(2)10/h7,10H,4-6H2,1-3H3. The molecule has 0 heterocycles. The molecule has 0 aliphatic heterocycles. The Balaban J connectivity index is 3.51. The molecule has 0 aromatic carbocycles. The molecule has 11 heavy (non-hydrogen) atoms. The van der Waals surface area contributed by atoms with Crippen molar-refractivity contribution in [2.24, 2.45) is 0 Å². The number of rotatable bonds is 5. The number of aliphatic hydroxyl groups excluding tert-OH is 1. The molecule has 0 spiro atoms. The Morgan fingerprint density at radius 3 is 2.55 bits per heavy atom. The van der Waals surface area contributed by atoms with E-state index in [-0.39, 0.29) is 11.9 Å². The van der Waals surface area contributed by atoms with Crippen LogP contribution in [0.25, 0.3) is 0 Å². The largest absolute Gasteiger partial charge is 0.392 e. The van der Waals surface area contributed by atoms with E-state index in [4.69, 9.17) is 5.11 Å². The van der Waals surface area contributed by atoms with Crippen LogP contribution in [0.2, 0.25) is 0 Å². The van der Waals surface area contributed by atoms with Gasteiger partial charge in [0.05, 0.1) is 12.6 Å². The van der Waals surface area contributed by atoms with Gasteiger partial charge >= 0.3 is 0 Å². The highest BCUT2D eigenvalue weighted by molar-refractivity contribution is 5.80. The van der Waals surface area contributed by atoms with E-state index in [9.17, 15) is 4.79 Å². The van der Waals surface area contributed by atoms with Gasteiger partial charge in [-0.05, 0) is 14.0 Å². The molecule has 0 radical (unpaired) electrons. The van der Waals surface area contributed by atoms with Crippen LogP contribution in [0.4, 0.5) is 0 Å². The third-order valence-corrected chi connectivity index (χ3v) is 1.42. The molecule has 0 aliphatic rings. The van der Waals surface area contributed by atoms with Crippen LogP contribution in [0, 0.1) is 0 Å². The lowest BCUT2D eigenvalue weighted by Gasteiger charge is -2.16.